The van der Waals surface area contributed by atoms with Crippen LogP contribution in [0.3, 0.4) is 0 Å². The van der Waals surface area contributed by atoms with Crippen LogP contribution >= 0.6 is 27.5 Å². The van der Waals surface area contributed by atoms with Crippen molar-refractivity contribution in [1.29, 1.82) is 0 Å². The topological polar surface area (TPSA) is 62.5 Å². The molecule has 8 heteroatoms. The van der Waals surface area contributed by atoms with E-state index < -0.39 is 0 Å². The number of likely N-dealkylation sites (tertiary alicyclic amines) is 1. The maximum atomic E-state index is 13.5. The molecule has 0 saturated carbocycles. The zero-order valence-electron chi connectivity index (χ0n) is 20.5. The third-order valence-electron chi connectivity index (χ3n) is 6.96. The van der Waals surface area contributed by atoms with Gasteiger partial charge in [0.25, 0.3) is 5.91 Å². The van der Waals surface area contributed by atoms with Crippen LogP contribution in [0.1, 0.15) is 23.2 Å². The van der Waals surface area contributed by atoms with Crippen molar-refractivity contribution in [2.24, 2.45) is 0 Å². The number of nitrogens with one attached hydrogen (secondary N) is 1. The van der Waals surface area contributed by atoms with Gasteiger partial charge in [0.2, 0.25) is 0 Å². The Morgan fingerprint density at radius 1 is 0.921 bits per heavy atom. The molecular formula is C30H25BrClN5O. The van der Waals surface area contributed by atoms with Gasteiger partial charge >= 0.3 is 0 Å². The average molecular weight is 587 g/mol. The maximum absolute atomic E-state index is 13.5. The maximum Gasteiger partial charge on any atom is 0.254 e. The first kappa shape index (κ1) is 24.6. The minimum Gasteiger partial charge on any atom is -0.367 e. The van der Waals surface area contributed by atoms with Gasteiger partial charge in [0.1, 0.15) is 5.82 Å². The molecule has 1 fully saturated rings. The van der Waals surface area contributed by atoms with Crippen LogP contribution in [-0.2, 0) is 0 Å². The van der Waals surface area contributed by atoms with E-state index in [0.29, 0.717) is 18.1 Å². The van der Waals surface area contributed by atoms with E-state index in [-0.39, 0.29) is 11.9 Å². The lowest BCUT2D eigenvalue weighted by Crippen LogP contribution is -2.42. The van der Waals surface area contributed by atoms with Crippen molar-refractivity contribution in [2.75, 3.05) is 18.4 Å². The van der Waals surface area contributed by atoms with Gasteiger partial charge in [0, 0.05) is 41.3 Å². The summed E-state index contributed by atoms with van der Waals surface area (Å²) in [6.45, 7) is 1.35. The molecule has 6 rings (SSSR count). The SMILES string of the molecule is O=C(c1ccccc1-c1ccccc1)N1CCC(Nc2cc(-c3ccccc3Cl)nc3c(Br)cnn23)CC1. The first-order valence-corrected chi connectivity index (χ1v) is 13.7. The fourth-order valence-corrected chi connectivity index (χ4v) is 5.57. The lowest BCUT2D eigenvalue weighted by molar-refractivity contribution is 0.0719. The Hall–Kier alpha value is -3.68. The predicted molar refractivity (Wildman–Crippen MR) is 156 cm³/mol. The van der Waals surface area contributed by atoms with Gasteiger partial charge in [-0.25, -0.2) is 4.98 Å². The van der Waals surface area contributed by atoms with Crippen LogP contribution in [0.4, 0.5) is 5.82 Å². The highest BCUT2D eigenvalue weighted by Gasteiger charge is 2.26. The molecule has 0 bridgehead atoms. The van der Waals surface area contributed by atoms with Crippen LogP contribution in [0.15, 0.2) is 95.6 Å². The number of fused-ring (bicyclic) bond motifs is 1. The highest BCUT2D eigenvalue weighted by atomic mass is 79.9. The summed E-state index contributed by atoms with van der Waals surface area (Å²) in [6, 6.07) is 27.8. The number of rotatable bonds is 5. The number of halogens is 2. The second-order valence-electron chi connectivity index (χ2n) is 9.36. The summed E-state index contributed by atoms with van der Waals surface area (Å²) in [5.41, 5.74) is 5.12. The highest BCUT2D eigenvalue weighted by Crippen LogP contribution is 2.31. The van der Waals surface area contributed by atoms with Crippen molar-refractivity contribution in [3.05, 3.63) is 106 Å². The van der Waals surface area contributed by atoms with Gasteiger partial charge in [-0.3, -0.25) is 4.79 Å². The van der Waals surface area contributed by atoms with Gasteiger partial charge in [-0.2, -0.15) is 9.61 Å². The van der Waals surface area contributed by atoms with Gasteiger partial charge in [-0.15, -0.1) is 0 Å². The van der Waals surface area contributed by atoms with Crippen LogP contribution in [0, 0.1) is 0 Å². The number of carbonyl (C=O) groups is 1. The second-order valence-corrected chi connectivity index (χ2v) is 10.6. The zero-order chi connectivity index (χ0) is 26.1. The van der Waals surface area contributed by atoms with Crippen molar-refractivity contribution in [2.45, 2.75) is 18.9 Å². The zero-order valence-corrected chi connectivity index (χ0v) is 22.9. The van der Waals surface area contributed by atoms with Gasteiger partial charge in [0.05, 0.1) is 16.4 Å². The Bertz CT molecular complexity index is 1610. The Kier molecular flexibility index (Phi) is 6.87. The Labute approximate surface area is 234 Å². The predicted octanol–water partition coefficient (Wildman–Crippen LogP) is 7.20. The largest absolute Gasteiger partial charge is 0.367 e. The first-order chi connectivity index (χ1) is 18.6. The number of nitrogens with zero attached hydrogens (tertiary/aromatic N) is 4. The number of carbonyl (C=O) groups excluding carboxylic acids is 1. The molecule has 38 heavy (non-hydrogen) atoms. The summed E-state index contributed by atoms with van der Waals surface area (Å²) < 4.78 is 2.62. The minimum atomic E-state index is 0.0752. The van der Waals surface area contributed by atoms with E-state index in [2.05, 4.69) is 26.3 Å². The summed E-state index contributed by atoms with van der Waals surface area (Å²) in [4.78, 5) is 20.3. The molecule has 1 N–H and O–H groups in total. The quantitative estimate of drug-likeness (QED) is 0.237. The van der Waals surface area contributed by atoms with Gasteiger partial charge in [-0.1, -0.05) is 78.3 Å². The molecule has 1 amide bonds. The van der Waals surface area contributed by atoms with E-state index in [9.17, 15) is 4.79 Å². The molecule has 0 unspecified atom stereocenters. The van der Waals surface area contributed by atoms with Crippen LogP contribution in [0.2, 0.25) is 5.02 Å². The minimum absolute atomic E-state index is 0.0752. The molecule has 0 radical (unpaired) electrons. The summed E-state index contributed by atoms with van der Waals surface area (Å²) in [5.74, 6) is 0.918. The number of amides is 1. The summed E-state index contributed by atoms with van der Waals surface area (Å²) in [7, 11) is 0. The van der Waals surface area contributed by atoms with Crippen molar-refractivity contribution < 1.29 is 4.79 Å². The normalized spacial score (nSPS) is 14.1. The molecule has 5 aromatic rings. The van der Waals surface area contributed by atoms with Crippen LogP contribution < -0.4 is 5.32 Å². The summed E-state index contributed by atoms with van der Waals surface area (Å²) >= 11 is 10.1. The number of hydrogen-bond acceptors (Lipinski definition) is 4. The first-order valence-electron chi connectivity index (χ1n) is 12.6. The number of benzene rings is 3. The van der Waals surface area contributed by atoms with E-state index in [1.54, 1.807) is 10.7 Å². The fraction of sp³-hybridized carbons (Fsp3) is 0.167. The molecule has 1 saturated heterocycles. The standard InChI is InChI=1S/C30H25BrClN5O/c31-25-19-33-37-28(18-27(35-29(25)37)24-12-6-7-13-26(24)32)34-21-14-16-36(17-15-21)30(38)23-11-5-4-10-22(23)20-8-2-1-3-9-20/h1-13,18-19,21,34H,14-17H2. The molecular weight excluding hydrogens is 562 g/mol. The van der Waals surface area contributed by atoms with Gasteiger partial charge < -0.3 is 10.2 Å². The second kappa shape index (κ2) is 10.6. The third kappa shape index (κ3) is 4.79. The molecule has 6 nitrogen and oxygen atoms in total. The number of anilines is 1. The molecule has 0 atom stereocenters. The molecule has 2 aromatic heterocycles. The van der Waals surface area contributed by atoms with E-state index in [4.69, 9.17) is 16.6 Å². The summed E-state index contributed by atoms with van der Waals surface area (Å²) in [6.07, 6.45) is 3.40. The number of piperidine rings is 1. The molecule has 0 aliphatic carbocycles. The molecule has 1 aliphatic rings. The van der Waals surface area contributed by atoms with Crippen molar-refractivity contribution >= 4 is 44.9 Å². The lowest BCUT2D eigenvalue weighted by atomic mass is 9.97. The molecule has 3 heterocycles. The Morgan fingerprint density at radius 2 is 1.61 bits per heavy atom. The van der Waals surface area contributed by atoms with Gasteiger partial charge in [0.15, 0.2) is 5.65 Å². The van der Waals surface area contributed by atoms with Gasteiger partial charge in [-0.05, 0) is 52.0 Å². The molecule has 3 aromatic carbocycles. The average Bonchev–Trinajstić information content (AvgIpc) is 3.34. The lowest BCUT2D eigenvalue weighted by Gasteiger charge is -2.33. The summed E-state index contributed by atoms with van der Waals surface area (Å²) in [5, 5.41) is 8.82. The molecule has 0 spiro atoms. The van der Waals surface area contributed by atoms with E-state index in [0.717, 1.165) is 56.7 Å². The van der Waals surface area contributed by atoms with Crippen LogP contribution in [0.25, 0.3) is 28.0 Å². The molecule has 190 valence electrons. The smallest absolute Gasteiger partial charge is 0.254 e. The monoisotopic (exact) mass is 585 g/mol. The van der Waals surface area contributed by atoms with E-state index in [1.807, 2.05) is 89.8 Å². The molecule has 1 aliphatic heterocycles. The fourth-order valence-electron chi connectivity index (χ4n) is 4.99. The Balaban J connectivity index is 1.21. The van der Waals surface area contributed by atoms with Crippen LogP contribution in [0.5, 0.6) is 0 Å². The van der Waals surface area contributed by atoms with E-state index >= 15 is 0 Å². The van der Waals surface area contributed by atoms with Crippen molar-refractivity contribution in [1.82, 2.24) is 19.5 Å². The van der Waals surface area contributed by atoms with Crippen molar-refractivity contribution in [3.8, 4) is 22.4 Å². The van der Waals surface area contributed by atoms with E-state index in [1.165, 1.54) is 0 Å². The number of aromatic nitrogens is 3. The van der Waals surface area contributed by atoms with Crippen molar-refractivity contribution in [3.63, 3.8) is 0 Å². The highest BCUT2D eigenvalue weighted by molar-refractivity contribution is 9.10. The Morgan fingerprint density at radius 3 is 2.37 bits per heavy atom. The number of hydrogen-bond donors (Lipinski definition) is 1. The van der Waals surface area contributed by atoms with Crippen LogP contribution in [-0.4, -0.2) is 44.5 Å². The third-order valence-corrected chi connectivity index (χ3v) is 7.84.